The van der Waals surface area contributed by atoms with Crippen molar-refractivity contribution in [2.45, 2.75) is 33.7 Å². The second-order valence-corrected chi connectivity index (χ2v) is 6.78. The van der Waals surface area contributed by atoms with Gasteiger partial charge in [0, 0.05) is 15.4 Å². The summed E-state index contributed by atoms with van der Waals surface area (Å²) in [5.74, 6) is 1.03. The van der Waals surface area contributed by atoms with Crippen LogP contribution < -0.4 is 5.73 Å². The predicted molar refractivity (Wildman–Crippen MR) is 86.5 cm³/mol. The molecule has 3 nitrogen and oxygen atoms in total. The van der Waals surface area contributed by atoms with Gasteiger partial charge in [-0.15, -0.1) is 11.3 Å². The van der Waals surface area contributed by atoms with Crippen LogP contribution in [0.4, 0.5) is 5.69 Å². The second kappa shape index (κ2) is 4.63. The van der Waals surface area contributed by atoms with Crippen molar-refractivity contribution >= 4 is 28.1 Å². The lowest BCUT2D eigenvalue weighted by atomic mass is 10.1. The van der Waals surface area contributed by atoms with Gasteiger partial charge in [0.05, 0.1) is 17.1 Å². The predicted octanol–water partition coefficient (Wildman–Crippen LogP) is 4.21. The standard InChI is InChI=1S/C16H19N3S/c1-9-7-14(11(3)20-9)10(2)19-12(4)18-15-8-13(17)5-6-16(15)19/h5-8,10H,17H2,1-4H3. The Bertz CT molecular complexity index is 782. The van der Waals surface area contributed by atoms with E-state index < -0.39 is 0 Å². The number of nitrogens with zero attached hydrogens (tertiary/aromatic N) is 2. The maximum Gasteiger partial charge on any atom is 0.107 e. The van der Waals surface area contributed by atoms with Crippen molar-refractivity contribution < 1.29 is 0 Å². The molecule has 0 amide bonds. The Labute approximate surface area is 123 Å². The minimum atomic E-state index is 0.286. The van der Waals surface area contributed by atoms with Crippen LogP contribution in [0.2, 0.25) is 0 Å². The topological polar surface area (TPSA) is 43.8 Å². The van der Waals surface area contributed by atoms with E-state index in [0.29, 0.717) is 0 Å². The van der Waals surface area contributed by atoms with Crippen molar-refractivity contribution in [1.82, 2.24) is 9.55 Å². The van der Waals surface area contributed by atoms with Crippen molar-refractivity contribution in [2.75, 3.05) is 5.73 Å². The molecule has 3 rings (SSSR count). The molecular formula is C16H19N3S. The maximum atomic E-state index is 5.85. The largest absolute Gasteiger partial charge is 0.399 e. The summed E-state index contributed by atoms with van der Waals surface area (Å²) in [6, 6.07) is 8.52. The summed E-state index contributed by atoms with van der Waals surface area (Å²) >= 11 is 1.85. The van der Waals surface area contributed by atoms with Crippen LogP contribution in [0.25, 0.3) is 11.0 Å². The Morgan fingerprint density at radius 3 is 2.60 bits per heavy atom. The molecule has 0 saturated carbocycles. The van der Waals surface area contributed by atoms with Crippen LogP contribution in [0.3, 0.4) is 0 Å². The van der Waals surface area contributed by atoms with Crippen LogP contribution in [0.5, 0.6) is 0 Å². The van der Waals surface area contributed by atoms with Gasteiger partial charge in [-0.05, 0) is 57.5 Å². The highest BCUT2D eigenvalue weighted by Gasteiger charge is 2.18. The molecule has 0 spiro atoms. The highest BCUT2D eigenvalue weighted by Crippen LogP contribution is 2.32. The molecule has 1 unspecified atom stereocenters. The normalized spacial score (nSPS) is 13.0. The Kier molecular flexibility index (Phi) is 3.05. The summed E-state index contributed by atoms with van der Waals surface area (Å²) in [5, 5.41) is 0. The molecular weight excluding hydrogens is 266 g/mol. The molecule has 4 heteroatoms. The fourth-order valence-corrected chi connectivity index (χ4v) is 3.95. The SMILES string of the molecule is Cc1cc(C(C)n2c(C)nc3cc(N)ccc32)c(C)s1. The number of nitrogen functional groups attached to an aromatic ring is 1. The summed E-state index contributed by atoms with van der Waals surface area (Å²) in [4.78, 5) is 7.38. The van der Waals surface area contributed by atoms with E-state index in [0.717, 1.165) is 22.5 Å². The third-order valence-corrected chi connectivity index (χ3v) is 4.79. The summed E-state index contributed by atoms with van der Waals surface area (Å²) in [6.07, 6.45) is 0. The number of benzene rings is 1. The lowest BCUT2D eigenvalue weighted by molar-refractivity contribution is 0.636. The number of hydrogen-bond acceptors (Lipinski definition) is 3. The number of imidazole rings is 1. The van der Waals surface area contributed by atoms with E-state index in [9.17, 15) is 0 Å². The van der Waals surface area contributed by atoms with Crippen LogP contribution >= 0.6 is 11.3 Å². The van der Waals surface area contributed by atoms with Gasteiger partial charge in [-0.25, -0.2) is 4.98 Å². The highest BCUT2D eigenvalue weighted by atomic mass is 32.1. The molecule has 2 aromatic heterocycles. The Morgan fingerprint density at radius 2 is 1.95 bits per heavy atom. The molecule has 2 N–H and O–H groups in total. The summed E-state index contributed by atoms with van der Waals surface area (Å²) in [5.41, 5.74) is 10.1. The van der Waals surface area contributed by atoms with Gasteiger partial charge in [-0.1, -0.05) is 0 Å². The molecule has 2 heterocycles. The summed E-state index contributed by atoms with van der Waals surface area (Å²) in [7, 11) is 0. The summed E-state index contributed by atoms with van der Waals surface area (Å²) in [6.45, 7) is 8.64. The number of anilines is 1. The molecule has 1 atom stereocenters. The maximum absolute atomic E-state index is 5.85. The van der Waals surface area contributed by atoms with Gasteiger partial charge >= 0.3 is 0 Å². The minimum Gasteiger partial charge on any atom is -0.399 e. The first-order chi connectivity index (χ1) is 9.47. The van der Waals surface area contributed by atoms with E-state index in [1.807, 2.05) is 23.5 Å². The van der Waals surface area contributed by atoms with Crippen LogP contribution in [0, 0.1) is 20.8 Å². The number of nitrogens with two attached hydrogens (primary N) is 1. The molecule has 0 bridgehead atoms. The van der Waals surface area contributed by atoms with E-state index in [2.05, 4.69) is 49.4 Å². The fraction of sp³-hybridized carbons (Fsp3) is 0.312. The third-order valence-electron chi connectivity index (χ3n) is 3.81. The van der Waals surface area contributed by atoms with E-state index in [1.54, 1.807) is 0 Å². The lowest BCUT2D eigenvalue weighted by Gasteiger charge is -2.16. The van der Waals surface area contributed by atoms with Gasteiger partial charge in [-0.2, -0.15) is 0 Å². The first-order valence-electron chi connectivity index (χ1n) is 6.78. The Hall–Kier alpha value is -1.81. The van der Waals surface area contributed by atoms with Gasteiger partial charge in [0.2, 0.25) is 0 Å². The number of fused-ring (bicyclic) bond motifs is 1. The molecule has 0 saturated heterocycles. The molecule has 0 aliphatic heterocycles. The van der Waals surface area contributed by atoms with Gasteiger partial charge in [0.1, 0.15) is 5.82 Å². The van der Waals surface area contributed by atoms with Crippen LogP contribution in [0.1, 0.15) is 34.1 Å². The zero-order chi connectivity index (χ0) is 14.4. The zero-order valence-electron chi connectivity index (χ0n) is 12.3. The molecule has 1 aromatic carbocycles. The highest BCUT2D eigenvalue weighted by molar-refractivity contribution is 7.12. The first-order valence-corrected chi connectivity index (χ1v) is 7.60. The van der Waals surface area contributed by atoms with E-state index in [1.165, 1.54) is 15.3 Å². The minimum absolute atomic E-state index is 0.286. The molecule has 0 fully saturated rings. The van der Waals surface area contributed by atoms with Crippen LogP contribution in [0.15, 0.2) is 24.3 Å². The fourth-order valence-electron chi connectivity index (χ4n) is 2.93. The van der Waals surface area contributed by atoms with Gasteiger partial charge in [-0.3, -0.25) is 0 Å². The number of rotatable bonds is 2. The second-order valence-electron chi connectivity index (χ2n) is 5.32. The van der Waals surface area contributed by atoms with E-state index in [4.69, 9.17) is 5.73 Å². The lowest BCUT2D eigenvalue weighted by Crippen LogP contribution is -2.08. The number of thiophene rings is 1. The quantitative estimate of drug-likeness (QED) is 0.717. The van der Waals surface area contributed by atoms with E-state index >= 15 is 0 Å². The summed E-state index contributed by atoms with van der Waals surface area (Å²) < 4.78 is 2.29. The average Bonchev–Trinajstić information content (AvgIpc) is 2.87. The Balaban J connectivity index is 2.18. The third kappa shape index (κ3) is 2.00. The first kappa shape index (κ1) is 13.2. The van der Waals surface area contributed by atoms with Crippen molar-refractivity contribution in [3.8, 4) is 0 Å². The van der Waals surface area contributed by atoms with Gasteiger partial charge in [0.15, 0.2) is 0 Å². The van der Waals surface area contributed by atoms with Crippen molar-refractivity contribution in [2.24, 2.45) is 0 Å². The smallest absolute Gasteiger partial charge is 0.107 e. The molecule has 0 aliphatic carbocycles. The monoisotopic (exact) mass is 285 g/mol. The van der Waals surface area contributed by atoms with Crippen molar-refractivity contribution in [3.05, 3.63) is 45.4 Å². The molecule has 3 aromatic rings. The molecule has 0 radical (unpaired) electrons. The van der Waals surface area contributed by atoms with Crippen LogP contribution in [-0.4, -0.2) is 9.55 Å². The van der Waals surface area contributed by atoms with Crippen LogP contribution in [-0.2, 0) is 0 Å². The molecule has 20 heavy (non-hydrogen) atoms. The van der Waals surface area contributed by atoms with Crippen molar-refractivity contribution in [3.63, 3.8) is 0 Å². The zero-order valence-corrected chi connectivity index (χ0v) is 13.1. The molecule has 104 valence electrons. The average molecular weight is 285 g/mol. The van der Waals surface area contributed by atoms with Gasteiger partial charge < -0.3 is 10.3 Å². The van der Waals surface area contributed by atoms with Crippen molar-refractivity contribution in [1.29, 1.82) is 0 Å². The number of aromatic nitrogens is 2. The number of aryl methyl sites for hydroxylation is 3. The van der Waals surface area contributed by atoms with E-state index in [-0.39, 0.29) is 6.04 Å². The molecule has 0 aliphatic rings. The number of hydrogen-bond donors (Lipinski definition) is 1. The van der Waals surface area contributed by atoms with Gasteiger partial charge in [0.25, 0.3) is 0 Å². The Morgan fingerprint density at radius 1 is 1.20 bits per heavy atom.